The van der Waals surface area contributed by atoms with Gasteiger partial charge in [-0.1, -0.05) is 6.07 Å². The molecule has 150 valence electrons. The highest BCUT2D eigenvalue weighted by molar-refractivity contribution is 5.81. The molecule has 5 fully saturated rings. The Balaban J connectivity index is 1.23. The van der Waals surface area contributed by atoms with Crippen molar-refractivity contribution in [2.75, 3.05) is 13.1 Å². The maximum atomic E-state index is 12.9. The van der Waals surface area contributed by atoms with Gasteiger partial charge in [0.2, 0.25) is 5.91 Å². The van der Waals surface area contributed by atoms with Gasteiger partial charge in [-0.05, 0) is 74.8 Å². The maximum Gasteiger partial charge on any atom is 0.410 e. The summed E-state index contributed by atoms with van der Waals surface area (Å²) in [6.45, 7) is 3.42. The minimum atomic E-state index is -0.338. The lowest BCUT2D eigenvalue weighted by molar-refractivity contribution is -0.161. The van der Waals surface area contributed by atoms with Gasteiger partial charge in [-0.3, -0.25) is 9.78 Å². The summed E-state index contributed by atoms with van der Waals surface area (Å²) in [4.78, 5) is 31.3. The fraction of sp³-hybridized carbons (Fsp3) is 0.682. The molecule has 4 aliphatic carbocycles. The quantitative estimate of drug-likeness (QED) is 0.869. The number of ether oxygens (including phenoxy) is 1. The van der Waals surface area contributed by atoms with Crippen molar-refractivity contribution in [3.05, 3.63) is 29.6 Å². The standard InChI is InChI=1S/C22H29N3O3/c1-13-2-3-18(24-11-13)15-4-5-25(12-15)21(27)28-19-16-6-14-7-17(19)10-22(8-14,9-16)20(23)26/h2-3,11,14-17,19H,4-10,12H2,1H3,(H2,23,26)/t14?,15?,16-,17?,19?,22+/m1/s1. The summed E-state index contributed by atoms with van der Waals surface area (Å²) in [5.74, 6) is 1.29. The Hall–Kier alpha value is -2.11. The van der Waals surface area contributed by atoms with E-state index in [9.17, 15) is 9.59 Å². The molecule has 4 bridgehead atoms. The van der Waals surface area contributed by atoms with Crippen LogP contribution < -0.4 is 5.73 Å². The van der Waals surface area contributed by atoms with Gasteiger partial charge in [0.1, 0.15) is 6.10 Å². The monoisotopic (exact) mass is 383 g/mol. The van der Waals surface area contributed by atoms with E-state index >= 15 is 0 Å². The lowest BCUT2D eigenvalue weighted by atomic mass is 9.48. The van der Waals surface area contributed by atoms with Crippen molar-refractivity contribution in [1.29, 1.82) is 0 Å². The Kier molecular flexibility index (Phi) is 4.14. The van der Waals surface area contributed by atoms with Crippen molar-refractivity contribution >= 4 is 12.0 Å². The van der Waals surface area contributed by atoms with Crippen LogP contribution in [0.5, 0.6) is 0 Å². The summed E-state index contributed by atoms with van der Waals surface area (Å²) >= 11 is 0. The Labute approximate surface area is 165 Å². The lowest BCUT2D eigenvalue weighted by Crippen LogP contribution is -2.59. The first-order valence-electron chi connectivity index (χ1n) is 10.6. The zero-order chi connectivity index (χ0) is 19.5. The zero-order valence-electron chi connectivity index (χ0n) is 16.5. The van der Waals surface area contributed by atoms with Crippen LogP contribution in [-0.4, -0.2) is 41.1 Å². The van der Waals surface area contributed by atoms with Gasteiger partial charge in [-0.25, -0.2) is 4.79 Å². The summed E-state index contributed by atoms with van der Waals surface area (Å²) in [5, 5.41) is 0. The molecule has 0 aromatic carbocycles. The molecule has 6 atom stereocenters. The van der Waals surface area contributed by atoms with Crippen LogP contribution >= 0.6 is 0 Å². The smallest absolute Gasteiger partial charge is 0.410 e. The predicted octanol–water partition coefficient (Wildman–Crippen LogP) is 3.00. The Morgan fingerprint density at radius 2 is 1.96 bits per heavy atom. The van der Waals surface area contributed by atoms with Gasteiger partial charge in [0.15, 0.2) is 0 Å². The number of carbonyl (C=O) groups is 2. The number of nitrogens with two attached hydrogens (primary N) is 1. The molecule has 2 N–H and O–H groups in total. The Morgan fingerprint density at radius 3 is 2.61 bits per heavy atom. The molecule has 1 saturated heterocycles. The molecule has 28 heavy (non-hydrogen) atoms. The number of nitrogens with zero attached hydrogens (tertiary/aromatic N) is 2. The number of hydrogen-bond acceptors (Lipinski definition) is 4. The topological polar surface area (TPSA) is 85.5 Å². The van der Waals surface area contributed by atoms with Gasteiger partial charge in [0.05, 0.1) is 5.41 Å². The highest BCUT2D eigenvalue weighted by atomic mass is 16.6. The summed E-state index contributed by atoms with van der Waals surface area (Å²) in [7, 11) is 0. The Bertz CT molecular complexity index is 777. The molecule has 1 aliphatic heterocycles. The van der Waals surface area contributed by atoms with Crippen LogP contribution in [0.1, 0.15) is 55.7 Å². The molecule has 2 amide bonds. The van der Waals surface area contributed by atoms with Crippen molar-refractivity contribution in [1.82, 2.24) is 9.88 Å². The van der Waals surface area contributed by atoms with Crippen molar-refractivity contribution in [3.63, 3.8) is 0 Å². The molecule has 6 heteroatoms. The first-order valence-corrected chi connectivity index (χ1v) is 10.6. The molecule has 0 radical (unpaired) electrons. The largest absolute Gasteiger partial charge is 0.446 e. The summed E-state index contributed by atoms with van der Waals surface area (Å²) < 4.78 is 6.05. The van der Waals surface area contributed by atoms with E-state index in [2.05, 4.69) is 17.1 Å². The molecule has 5 aliphatic rings. The van der Waals surface area contributed by atoms with Crippen LogP contribution in [0.25, 0.3) is 0 Å². The van der Waals surface area contributed by atoms with Crippen LogP contribution in [0.15, 0.2) is 18.3 Å². The number of likely N-dealkylation sites (tertiary alicyclic amines) is 1. The van der Waals surface area contributed by atoms with Crippen LogP contribution in [-0.2, 0) is 9.53 Å². The van der Waals surface area contributed by atoms with Crippen LogP contribution in [0.2, 0.25) is 0 Å². The summed E-state index contributed by atoms with van der Waals surface area (Å²) in [5.41, 5.74) is 7.62. The fourth-order valence-electron chi connectivity index (χ4n) is 6.55. The molecule has 1 aromatic heterocycles. The third-order valence-corrected chi connectivity index (χ3v) is 7.75. The first kappa shape index (κ1) is 18.0. The van der Waals surface area contributed by atoms with E-state index < -0.39 is 0 Å². The van der Waals surface area contributed by atoms with E-state index in [1.165, 1.54) is 0 Å². The van der Waals surface area contributed by atoms with Crippen molar-refractivity contribution in [3.8, 4) is 0 Å². The maximum absolute atomic E-state index is 12.9. The molecular weight excluding hydrogens is 354 g/mol. The lowest BCUT2D eigenvalue weighted by Gasteiger charge is -2.58. The first-order chi connectivity index (χ1) is 13.4. The highest BCUT2D eigenvalue weighted by Gasteiger charge is 2.59. The third-order valence-electron chi connectivity index (χ3n) is 7.75. The second-order valence-corrected chi connectivity index (χ2v) is 9.65. The average molecular weight is 383 g/mol. The molecule has 2 heterocycles. The van der Waals surface area contributed by atoms with Crippen molar-refractivity contribution in [2.24, 2.45) is 28.9 Å². The van der Waals surface area contributed by atoms with E-state index in [0.29, 0.717) is 24.3 Å². The second kappa shape index (κ2) is 6.46. The number of carbonyl (C=O) groups excluding carboxylic acids is 2. The second-order valence-electron chi connectivity index (χ2n) is 9.65. The van der Waals surface area contributed by atoms with E-state index in [4.69, 9.17) is 10.5 Å². The van der Waals surface area contributed by atoms with Crippen LogP contribution in [0, 0.1) is 30.1 Å². The van der Waals surface area contributed by atoms with E-state index in [1.54, 1.807) is 0 Å². The molecule has 1 aromatic rings. The number of rotatable bonds is 3. The molecule has 4 saturated carbocycles. The van der Waals surface area contributed by atoms with Crippen LogP contribution in [0.3, 0.4) is 0 Å². The predicted molar refractivity (Wildman–Crippen MR) is 103 cm³/mol. The van der Waals surface area contributed by atoms with Gasteiger partial charge in [0, 0.05) is 30.9 Å². The van der Waals surface area contributed by atoms with Crippen molar-refractivity contribution in [2.45, 2.75) is 57.5 Å². The third kappa shape index (κ3) is 2.88. The zero-order valence-corrected chi connectivity index (χ0v) is 16.5. The Morgan fingerprint density at radius 1 is 1.21 bits per heavy atom. The number of pyridine rings is 1. The number of aromatic nitrogens is 1. The van der Waals surface area contributed by atoms with Crippen LogP contribution in [0.4, 0.5) is 4.79 Å². The highest BCUT2D eigenvalue weighted by Crippen LogP contribution is 2.60. The van der Waals surface area contributed by atoms with Gasteiger partial charge >= 0.3 is 6.09 Å². The van der Waals surface area contributed by atoms with Gasteiger partial charge in [-0.2, -0.15) is 0 Å². The minimum absolute atomic E-state index is 0.0481. The molecule has 4 unspecified atom stereocenters. The number of aryl methyl sites for hydroxylation is 1. The molecule has 0 spiro atoms. The van der Waals surface area contributed by atoms with Gasteiger partial charge in [-0.15, -0.1) is 0 Å². The summed E-state index contributed by atoms with van der Waals surface area (Å²) in [6, 6.07) is 4.14. The average Bonchev–Trinajstić information content (AvgIpc) is 3.15. The molecular formula is C22H29N3O3. The minimum Gasteiger partial charge on any atom is -0.446 e. The molecule has 6 rings (SSSR count). The van der Waals surface area contributed by atoms with E-state index in [1.807, 2.05) is 18.0 Å². The normalized spacial score (nSPS) is 38.6. The van der Waals surface area contributed by atoms with Crippen molar-refractivity contribution < 1.29 is 14.3 Å². The van der Waals surface area contributed by atoms with Gasteiger partial charge in [0.25, 0.3) is 0 Å². The van der Waals surface area contributed by atoms with E-state index in [-0.39, 0.29) is 29.4 Å². The fourth-order valence-corrected chi connectivity index (χ4v) is 6.55. The van der Waals surface area contributed by atoms with Gasteiger partial charge < -0.3 is 15.4 Å². The van der Waals surface area contributed by atoms with E-state index in [0.717, 1.165) is 56.3 Å². The molecule has 6 nitrogen and oxygen atoms in total. The number of hydrogen-bond donors (Lipinski definition) is 1. The summed E-state index contributed by atoms with van der Waals surface area (Å²) in [6.07, 6.45) is 7.24. The number of primary amides is 1. The SMILES string of the molecule is Cc1ccc(C2CCN(C(=O)OC3C4CC5C[C@@H]3C[C@@](C(N)=O)(C5)C4)C2)nc1. The number of amides is 2.